The molecule has 2 amide bonds. The summed E-state index contributed by atoms with van der Waals surface area (Å²) in [5, 5.41) is 0. The Balaban J connectivity index is 1.31. The molecular formula is C24H29N3O3. The van der Waals surface area contributed by atoms with E-state index in [1.54, 1.807) is 4.90 Å². The number of ether oxygens (including phenoxy) is 1. The third-order valence-corrected chi connectivity index (χ3v) is 5.78. The van der Waals surface area contributed by atoms with Gasteiger partial charge in [0.15, 0.2) is 0 Å². The van der Waals surface area contributed by atoms with Gasteiger partial charge in [-0.3, -0.25) is 9.59 Å². The highest BCUT2D eigenvalue weighted by atomic mass is 16.5. The molecule has 1 atom stereocenters. The second kappa shape index (κ2) is 8.78. The molecule has 6 nitrogen and oxygen atoms in total. The van der Waals surface area contributed by atoms with E-state index in [9.17, 15) is 9.59 Å². The van der Waals surface area contributed by atoms with E-state index < -0.39 is 0 Å². The van der Waals surface area contributed by atoms with Crippen LogP contribution in [0.1, 0.15) is 25.3 Å². The number of aryl methyl sites for hydroxylation is 1. The molecule has 2 aliphatic heterocycles. The average molecular weight is 408 g/mol. The van der Waals surface area contributed by atoms with Gasteiger partial charge in [-0.25, -0.2) is 0 Å². The number of carbonyl (C=O) groups excluding carboxylic acids is 2. The second-order valence-electron chi connectivity index (χ2n) is 8.11. The summed E-state index contributed by atoms with van der Waals surface area (Å²) in [4.78, 5) is 31.6. The standard InChI is InChI=1S/C24H29N3O3/c1-18-8-9-22-21(16-18)27(17-19(2)30-22)24(29)11-10-23(28)26-14-12-25(13-15-26)20-6-4-3-5-7-20/h3-9,16,19H,10-15,17H2,1-2H3/t19-/m1/s1. The zero-order chi connectivity index (χ0) is 21.1. The normalized spacial score (nSPS) is 18.6. The zero-order valence-electron chi connectivity index (χ0n) is 17.7. The van der Waals surface area contributed by atoms with Crippen LogP contribution in [0.5, 0.6) is 5.75 Å². The molecule has 0 saturated carbocycles. The average Bonchev–Trinajstić information content (AvgIpc) is 2.77. The van der Waals surface area contributed by atoms with Crippen LogP contribution in [-0.4, -0.2) is 55.5 Å². The number of anilines is 2. The molecule has 2 aromatic rings. The van der Waals surface area contributed by atoms with Gasteiger partial charge in [-0.1, -0.05) is 24.3 Å². The number of benzene rings is 2. The van der Waals surface area contributed by atoms with Crippen molar-refractivity contribution >= 4 is 23.2 Å². The van der Waals surface area contributed by atoms with Crippen molar-refractivity contribution in [3.05, 3.63) is 54.1 Å². The minimum absolute atomic E-state index is 0.0201. The van der Waals surface area contributed by atoms with Gasteiger partial charge in [-0.05, 0) is 43.7 Å². The highest BCUT2D eigenvalue weighted by Crippen LogP contribution is 2.34. The molecule has 0 spiro atoms. The fraction of sp³-hybridized carbons (Fsp3) is 0.417. The lowest BCUT2D eigenvalue weighted by atomic mass is 10.1. The van der Waals surface area contributed by atoms with Gasteiger partial charge in [0.05, 0.1) is 12.2 Å². The van der Waals surface area contributed by atoms with Gasteiger partial charge in [-0.15, -0.1) is 0 Å². The quantitative estimate of drug-likeness (QED) is 0.781. The van der Waals surface area contributed by atoms with Crippen molar-refractivity contribution in [2.75, 3.05) is 42.5 Å². The van der Waals surface area contributed by atoms with E-state index in [-0.39, 0.29) is 30.8 Å². The first-order valence-corrected chi connectivity index (χ1v) is 10.7. The molecule has 30 heavy (non-hydrogen) atoms. The van der Waals surface area contributed by atoms with Crippen molar-refractivity contribution in [3.8, 4) is 5.75 Å². The summed E-state index contributed by atoms with van der Waals surface area (Å²) in [6.45, 7) is 7.49. The molecule has 6 heteroatoms. The lowest BCUT2D eigenvalue weighted by Crippen LogP contribution is -2.49. The highest BCUT2D eigenvalue weighted by Gasteiger charge is 2.29. The SMILES string of the molecule is Cc1ccc2c(c1)N(C(=O)CCC(=O)N1CCN(c3ccccc3)CC1)C[C@@H](C)O2. The molecule has 0 aromatic heterocycles. The maximum Gasteiger partial charge on any atom is 0.227 e. The number of hydrogen-bond acceptors (Lipinski definition) is 4. The van der Waals surface area contributed by atoms with Gasteiger partial charge in [0.25, 0.3) is 0 Å². The fourth-order valence-electron chi connectivity index (χ4n) is 4.14. The third kappa shape index (κ3) is 4.42. The summed E-state index contributed by atoms with van der Waals surface area (Å²) in [7, 11) is 0. The third-order valence-electron chi connectivity index (χ3n) is 5.78. The number of carbonyl (C=O) groups is 2. The summed E-state index contributed by atoms with van der Waals surface area (Å²) in [6, 6.07) is 16.1. The lowest BCUT2D eigenvalue weighted by Gasteiger charge is -2.36. The number of piperazine rings is 1. The maximum absolute atomic E-state index is 12.9. The van der Waals surface area contributed by atoms with Crippen LogP contribution in [-0.2, 0) is 9.59 Å². The van der Waals surface area contributed by atoms with Crippen molar-refractivity contribution < 1.29 is 14.3 Å². The Morgan fingerprint density at radius 3 is 2.40 bits per heavy atom. The number of fused-ring (bicyclic) bond motifs is 1. The van der Waals surface area contributed by atoms with Crippen molar-refractivity contribution in [2.45, 2.75) is 32.8 Å². The van der Waals surface area contributed by atoms with Crippen molar-refractivity contribution in [1.29, 1.82) is 0 Å². The molecule has 4 rings (SSSR count). The molecule has 0 N–H and O–H groups in total. The van der Waals surface area contributed by atoms with E-state index in [1.165, 1.54) is 5.69 Å². The van der Waals surface area contributed by atoms with E-state index in [0.717, 1.165) is 30.1 Å². The molecule has 1 saturated heterocycles. The molecule has 2 aromatic carbocycles. The Kier molecular flexibility index (Phi) is 5.93. The maximum atomic E-state index is 12.9. The van der Waals surface area contributed by atoms with Gasteiger partial charge in [0, 0.05) is 44.7 Å². The van der Waals surface area contributed by atoms with Crippen molar-refractivity contribution in [2.24, 2.45) is 0 Å². The number of rotatable bonds is 4. The van der Waals surface area contributed by atoms with Crippen LogP contribution >= 0.6 is 0 Å². The molecule has 158 valence electrons. The van der Waals surface area contributed by atoms with Gasteiger partial charge < -0.3 is 19.4 Å². The second-order valence-corrected chi connectivity index (χ2v) is 8.11. The zero-order valence-corrected chi connectivity index (χ0v) is 17.7. The summed E-state index contributed by atoms with van der Waals surface area (Å²) >= 11 is 0. The minimum Gasteiger partial charge on any atom is -0.487 e. The van der Waals surface area contributed by atoms with Crippen LogP contribution < -0.4 is 14.5 Å². The Hall–Kier alpha value is -3.02. The van der Waals surface area contributed by atoms with E-state index in [4.69, 9.17) is 4.74 Å². The number of amides is 2. The Morgan fingerprint density at radius 2 is 1.67 bits per heavy atom. The van der Waals surface area contributed by atoms with E-state index in [2.05, 4.69) is 17.0 Å². The Morgan fingerprint density at radius 1 is 0.967 bits per heavy atom. The van der Waals surface area contributed by atoms with Gasteiger partial charge >= 0.3 is 0 Å². The minimum atomic E-state index is -0.0640. The molecule has 2 heterocycles. The summed E-state index contributed by atoms with van der Waals surface area (Å²) in [5.74, 6) is 0.770. The lowest BCUT2D eigenvalue weighted by molar-refractivity contribution is -0.133. The van der Waals surface area contributed by atoms with Crippen LogP contribution in [0.3, 0.4) is 0 Å². The molecule has 1 fully saturated rings. The molecule has 0 aliphatic carbocycles. The fourth-order valence-corrected chi connectivity index (χ4v) is 4.14. The Labute approximate surface area is 178 Å². The summed E-state index contributed by atoms with van der Waals surface area (Å²) in [5.41, 5.74) is 3.08. The van der Waals surface area contributed by atoms with Crippen molar-refractivity contribution in [3.63, 3.8) is 0 Å². The van der Waals surface area contributed by atoms with E-state index in [1.807, 2.05) is 55.1 Å². The van der Waals surface area contributed by atoms with Crippen LogP contribution in [0, 0.1) is 6.92 Å². The summed E-state index contributed by atoms with van der Waals surface area (Å²) in [6.07, 6.45) is 0.403. The first-order chi connectivity index (χ1) is 14.5. The molecule has 2 aliphatic rings. The van der Waals surface area contributed by atoms with Crippen LogP contribution in [0.15, 0.2) is 48.5 Å². The topological polar surface area (TPSA) is 53.1 Å². The smallest absolute Gasteiger partial charge is 0.227 e. The number of hydrogen-bond donors (Lipinski definition) is 0. The first kappa shape index (κ1) is 20.3. The van der Waals surface area contributed by atoms with E-state index >= 15 is 0 Å². The van der Waals surface area contributed by atoms with E-state index in [0.29, 0.717) is 19.6 Å². The number of para-hydroxylation sites is 1. The van der Waals surface area contributed by atoms with Crippen molar-refractivity contribution in [1.82, 2.24) is 4.90 Å². The predicted molar refractivity (Wildman–Crippen MR) is 118 cm³/mol. The molecule has 0 radical (unpaired) electrons. The monoisotopic (exact) mass is 407 g/mol. The highest BCUT2D eigenvalue weighted by molar-refractivity contribution is 5.97. The molecule has 0 bridgehead atoms. The largest absolute Gasteiger partial charge is 0.487 e. The number of nitrogens with zero attached hydrogens (tertiary/aromatic N) is 3. The van der Waals surface area contributed by atoms with Crippen LogP contribution in [0.25, 0.3) is 0 Å². The van der Waals surface area contributed by atoms with Gasteiger partial charge in [0.2, 0.25) is 11.8 Å². The van der Waals surface area contributed by atoms with Crippen LogP contribution in [0.2, 0.25) is 0 Å². The van der Waals surface area contributed by atoms with Gasteiger partial charge in [-0.2, -0.15) is 0 Å². The van der Waals surface area contributed by atoms with Crippen LogP contribution in [0.4, 0.5) is 11.4 Å². The molecule has 0 unspecified atom stereocenters. The van der Waals surface area contributed by atoms with Gasteiger partial charge in [0.1, 0.15) is 11.9 Å². The predicted octanol–water partition coefficient (Wildman–Crippen LogP) is 3.24. The molecular weight excluding hydrogens is 378 g/mol. The Bertz CT molecular complexity index is 907. The summed E-state index contributed by atoms with van der Waals surface area (Å²) < 4.78 is 5.86. The first-order valence-electron chi connectivity index (χ1n) is 10.7.